The predicted octanol–water partition coefficient (Wildman–Crippen LogP) is 1.38. The maximum Gasteiger partial charge on any atom is 0.335 e. The van der Waals surface area contributed by atoms with Gasteiger partial charge < -0.3 is 29.9 Å². The van der Waals surface area contributed by atoms with Gasteiger partial charge in [0.2, 0.25) is 6.29 Å². The highest BCUT2D eigenvalue weighted by Crippen LogP contribution is 2.59. The van der Waals surface area contributed by atoms with Gasteiger partial charge in [0.05, 0.1) is 0 Å². The second-order valence-corrected chi connectivity index (χ2v) is 10.0. The number of aliphatic carboxylic acids is 1. The van der Waals surface area contributed by atoms with Crippen LogP contribution >= 0.6 is 0 Å². The summed E-state index contributed by atoms with van der Waals surface area (Å²) in [5, 5.41) is 39.3. The van der Waals surface area contributed by atoms with Crippen molar-refractivity contribution in [1.82, 2.24) is 0 Å². The van der Waals surface area contributed by atoms with Crippen LogP contribution in [0.2, 0.25) is 0 Å². The van der Waals surface area contributed by atoms with Gasteiger partial charge in [-0.2, -0.15) is 0 Å². The number of carbonyl (C=O) groups excluding carboxylic acids is 1. The van der Waals surface area contributed by atoms with Gasteiger partial charge in [0.25, 0.3) is 0 Å². The van der Waals surface area contributed by atoms with Crippen molar-refractivity contribution in [2.75, 3.05) is 0 Å². The normalized spacial score (nSPS) is 43.2. The van der Waals surface area contributed by atoms with Gasteiger partial charge in [0.1, 0.15) is 29.8 Å². The highest BCUT2D eigenvalue weighted by atomic mass is 16.7. The first-order valence-electron chi connectivity index (χ1n) is 11.5. The van der Waals surface area contributed by atoms with E-state index in [1.807, 2.05) is 12.1 Å². The lowest BCUT2D eigenvalue weighted by molar-refractivity contribution is -0.271. The van der Waals surface area contributed by atoms with Gasteiger partial charge in [-0.25, -0.2) is 4.79 Å². The molecule has 0 radical (unpaired) electrons. The molecule has 1 aromatic carbocycles. The molecule has 2 saturated carbocycles. The van der Waals surface area contributed by atoms with E-state index < -0.39 is 36.7 Å². The van der Waals surface area contributed by atoms with E-state index in [0.717, 1.165) is 37.7 Å². The van der Waals surface area contributed by atoms with Gasteiger partial charge in [-0.3, -0.25) is 4.79 Å². The zero-order valence-electron chi connectivity index (χ0n) is 18.0. The van der Waals surface area contributed by atoms with E-state index in [1.54, 1.807) is 6.07 Å². The van der Waals surface area contributed by atoms with Gasteiger partial charge in [-0.15, -0.1) is 0 Å². The Labute approximate surface area is 186 Å². The van der Waals surface area contributed by atoms with Crippen molar-refractivity contribution in [1.29, 1.82) is 0 Å². The Morgan fingerprint density at radius 1 is 1.09 bits per heavy atom. The van der Waals surface area contributed by atoms with Gasteiger partial charge in [-0.1, -0.05) is 13.0 Å². The molecule has 3 aliphatic carbocycles. The highest BCUT2D eigenvalue weighted by Gasteiger charge is 2.54. The summed E-state index contributed by atoms with van der Waals surface area (Å²) in [7, 11) is 0. The molecule has 0 spiro atoms. The second-order valence-electron chi connectivity index (χ2n) is 10.0. The lowest BCUT2D eigenvalue weighted by Gasteiger charge is -2.48. The second kappa shape index (κ2) is 7.80. The Hall–Kier alpha value is -2.00. The average Bonchev–Trinajstić information content (AvgIpc) is 3.08. The van der Waals surface area contributed by atoms with E-state index in [2.05, 4.69) is 6.92 Å². The van der Waals surface area contributed by atoms with Crippen LogP contribution in [-0.4, -0.2) is 62.9 Å². The lowest BCUT2D eigenvalue weighted by Crippen LogP contribution is -2.61. The van der Waals surface area contributed by atoms with Crippen LogP contribution in [0.1, 0.15) is 56.1 Å². The fraction of sp³-hybridized carbons (Fsp3) is 0.667. The quantitative estimate of drug-likeness (QED) is 0.547. The predicted molar refractivity (Wildman–Crippen MR) is 111 cm³/mol. The number of Topliss-reactive ketones (excluding diaryl/α,β-unsaturated/α-hetero) is 1. The van der Waals surface area contributed by atoms with Gasteiger partial charge in [0, 0.05) is 11.8 Å². The molecule has 5 unspecified atom stereocenters. The molecule has 4 aliphatic rings. The number of aryl methyl sites for hydroxylation is 1. The molecular weight excluding hydrogens is 416 g/mol. The van der Waals surface area contributed by atoms with Crippen molar-refractivity contribution in [3.05, 3.63) is 29.3 Å². The Bertz CT molecular complexity index is 931. The summed E-state index contributed by atoms with van der Waals surface area (Å²) in [4.78, 5) is 23.8. The number of ketones is 1. The highest BCUT2D eigenvalue weighted by molar-refractivity contribution is 5.87. The average molecular weight is 446 g/mol. The fourth-order valence-electron chi connectivity index (χ4n) is 6.69. The Balaban J connectivity index is 1.35. The van der Waals surface area contributed by atoms with Crippen LogP contribution in [-0.2, 0) is 20.7 Å². The maximum atomic E-state index is 12.5. The van der Waals surface area contributed by atoms with Crippen molar-refractivity contribution in [3.8, 4) is 5.75 Å². The molecule has 1 aliphatic heterocycles. The molecule has 4 N–H and O–H groups in total. The SMILES string of the molecule is C[C@]12CC[C@H]3c4ccc(OC5OC(C(=O)O)C(O)C(O)C5O)cc4CC[C@H]3[C@@H]1CCC2=O. The minimum Gasteiger partial charge on any atom is -0.479 e. The molecule has 8 heteroatoms. The Kier molecular flexibility index (Phi) is 5.32. The van der Waals surface area contributed by atoms with E-state index in [1.165, 1.54) is 5.56 Å². The maximum absolute atomic E-state index is 12.5. The van der Waals surface area contributed by atoms with Crippen molar-refractivity contribution < 1.29 is 39.5 Å². The number of fused-ring (bicyclic) bond motifs is 5. The summed E-state index contributed by atoms with van der Waals surface area (Å²) in [5.74, 6) is 0.773. The number of carboxylic acid groups (broad SMARTS) is 1. The van der Waals surface area contributed by atoms with Gasteiger partial charge in [-0.05, 0) is 73.1 Å². The summed E-state index contributed by atoms with van der Waals surface area (Å²) in [6.07, 6.45) is -2.65. The fourth-order valence-corrected chi connectivity index (χ4v) is 6.69. The molecule has 1 aromatic rings. The molecule has 8 nitrogen and oxygen atoms in total. The number of carboxylic acids is 1. The van der Waals surface area contributed by atoms with Crippen molar-refractivity contribution in [3.63, 3.8) is 0 Å². The third-order valence-electron chi connectivity index (χ3n) is 8.47. The molecule has 1 saturated heterocycles. The van der Waals surface area contributed by atoms with Crippen LogP contribution in [0.25, 0.3) is 0 Å². The zero-order chi connectivity index (χ0) is 22.8. The summed E-state index contributed by atoms with van der Waals surface area (Å²) in [5.41, 5.74) is 2.26. The zero-order valence-corrected chi connectivity index (χ0v) is 18.0. The monoisotopic (exact) mass is 446 g/mol. The summed E-state index contributed by atoms with van der Waals surface area (Å²) in [6, 6.07) is 5.69. The number of rotatable bonds is 3. The van der Waals surface area contributed by atoms with Crippen molar-refractivity contribution >= 4 is 11.8 Å². The Morgan fingerprint density at radius 3 is 2.62 bits per heavy atom. The number of ether oxygens (including phenoxy) is 2. The first kappa shape index (κ1) is 21.8. The van der Waals surface area contributed by atoms with E-state index >= 15 is 0 Å². The summed E-state index contributed by atoms with van der Waals surface area (Å²) >= 11 is 0. The number of aliphatic hydroxyl groups excluding tert-OH is 3. The number of benzene rings is 1. The molecule has 5 rings (SSSR count). The van der Waals surface area contributed by atoms with Crippen LogP contribution in [0.5, 0.6) is 5.75 Å². The van der Waals surface area contributed by atoms with Crippen molar-refractivity contribution in [2.24, 2.45) is 17.3 Å². The minimum atomic E-state index is -1.75. The third kappa shape index (κ3) is 3.27. The summed E-state index contributed by atoms with van der Waals surface area (Å²) < 4.78 is 10.9. The Morgan fingerprint density at radius 2 is 1.88 bits per heavy atom. The van der Waals surface area contributed by atoms with Crippen molar-refractivity contribution in [2.45, 2.75) is 82.1 Å². The van der Waals surface area contributed by atoms with Crippen LogP contribution in [0.15, 0.2) is 18.2 Å². The number of hydrogen-bond donors (Lipinski definition) is 4. The van der Waals surface area contributed by atoms with Crippen LogP contribution < -0.4 is 4.74 Å². The number of hydrogen-bond acceptors (Lipinski definition) is 7. The van der Waals surface area contributed by atoms with Gasteiger partial charge >= 0.3 is 5.97 Å². The molecule has 0 bridgehead atoms. The molecule has 1 heterocycles. The summed E-state index contributed by atoms with van der Waals surface area (Å²) in [6.45, 7) is 2.15. The molecule has 174 valence electrons. The minimum absolute atomic E-state index is 0.164. The third-order valence-corrected chi connectivity index (χ3v) is 8.47. The number of aliphatic hydroxyl groups is 3. The smallest absolute Gasteiger partial charge is 0.335 e. The van der Waals surface area contributed by atoms with Crippen LogP contribution in [0.3, 0.4) is 0 Å². The molecule has 3 fully saturated rings. The van der Waals surface area contributed by atoms with E-state index in [9.17, 15) is 30.0 Å². The molecule has 32 heavy (non-hydrogen) atoms. The van der Waals surface area contributed by atoms with Gasteiger partial charge in [0.15, 0.2) is 6.10 Å². The number of carbonyl (C=O) groups is 2. The molecule has 0 amide bonds. The first-order chi connectivity index (χ1) is 15.2. The molecular formula is C24H30O8. The largest absolute Gasteiger partial charge is 0.479 e. The van der Waals surface area contributed by atoms with Crippen LogP contribution in [0, 0.1) is 17.3 Å². The topological polar surface area (TPSA) is 134 Å². The van der Waals surface area contributed by atoms with E-state index in [4.69, 9.17) is 9.47 Å². The molecule has 9 atom stereocenters. The lowest BCUT2D eigenvalue weighted by atomic mass is 9.55. The standard InChI is InChI=1S/C24H30O8/c1-24-9-8-14-13-5-3-12(10-11(13)2-4-15(14)16(24)6-7-17(24)25)31-23-20(28)18(26)19(27)21(32-23)22(29)30/h3,5,10,14-16,18-21,23,26-28H,2,4,6-9H2,1H3,(H,29,30)/t14-,15+,16-,18?,19?,20?,21?,23?,24-/m0/s1. The van der Waals surface area contributed by atoms with E-state index in [0.29, 0.717) is 35.7 Å². The first-order valence-corrected chi connectivity index (χ1v) is 11.5. The molecule has 0 aromatic heterocycles. The van der Waals surface area contributed by atoms with E-state index in [-0.39, 0.29) is 5.41 Å². The van der Waals surface area contributed by atoms with Crippen LogP contribution in [0.4, 0.5) is 0 Å².